The van der Waals surface area contributed by atoms with E-state index in [-0.39, 0.29) is 16.8 Å². The number of hydrogen-bond donors (Lipinski definition) is 0. The Morgan fingerprint density at radius 3 is 2.80 bits per heavy atom. The van der Waals surface area contributed by atoms with Gasteiger partial charge in [-0.25, -0.2) is 4.39 Å². The number of rotatable bonds is 5. The minimum Gasteiger partial charge on any atom is -0.493 e. The summed E-state index contributed by atoms with van der Waals surface area (Å²) in [6.07, 6.45) is 13.3. The lowest BCUT2D eigenvalue weighted by Crippen LogP contribution is -2.46. The van der Waals surface area contributed by atoms with Gasteiger partial charge in [0.25, 0.3) is 0 Å². The summed E-state index contributed by atoms with van der Waals surface area (Å²) < 4.78 is 26.0. The van der Waals surface area contributed by atoms with Gasteiger partial charge in [-0.1, -0.05) is 25.3 Å². The molecule has 0 bridgehead atoms. The first kappa shape index (κ1) is 20.0. The van der Waals surface area contributed by atoms with Crippen LogP contribution in [0, 0.1) is 5.82 Å². The van der Waals surface area contributed by atoms with Crippen LogP contribution in [0.5, 0.6) is 5.75 Å². The average molecular weight is 410 g/mol. The molecule has 1 saturated carbocycles. The van der Waals surface area contributed by atoms with E-state index in [0.717, 1.165) is 63.1 Å². The van der Waals surface area contributed by atoms with Crippen LogP contribution < -0.4 is 4.74 Å². The molecule has 2 fully saturated rings. The van der Waals surface area contributed by atoms with E-state index in [4.69, 9.17) is 14.5 Å². The first-order chi connectivity index (χ1) is 14.7. The number of benzene rings is 1. The lowest BCUT2D eigenvalue weighted by Gasteiger charge is -2.46. The van der Waals surface area contributed by atoms with Crippen molar-refractivity contribution in [1.29, 1.82) is 0 Å². The van der Waals surface area contributed by atoms with E-state index in [0.29, 0.717) is 5.92 Å². The molecule has 30 heavy (non-hydrogen) atoms. The van der Waals surface area contributed by atoms with Crippen LogP contribution in [0.15, 0.2) is 42.6 Å². The van der Waals surface area contributed by atoms with Gasteiger partial charge in [0, 0.05) is 29.5 Å². The molecule has 3 nitrogen and oxygen atoms in total. The van der Waals surface area contributed by atoms with Crippen molar-refractivity contribution in [2.75, 3.05) is 13.2 Å². The van der Waals surface area contributed by atoms with E-state index in [2.05, 4.69) is 12.1 Å². The van der Waals surface area contributed by atoms with Crippen molar-refractivity contribution in [3.8, 4) is 5.75 Å². The highest BCUT2D eigenvalue weighted by Crippen LogP contribution is 2.50. The summed E-state index contributed by atoms with van der Waals surface area (Å²) in [7, 11) is 0. The van der Waals surface area contributed by atoms with Gasteiger partial charge in [-0.05, 0) is 81.2 Å². The Kier molecular flexibility index (Phi) is 5.53. The van der Waals surface area contributed by atoms with Crippen LogP contribution in [0.25, 0.3) is 0 Å². The van der Waals surface area contributed by atoms with E-state index in [1.54, 1.807) is 12.1 Å². The van der Waals surface area contributed by atoms with E-state index >= 15 is 0 Å². The van der Waals surface area contributed by atoms with Crippen molar-refractivity contribution >= 4 is 0 Å². The zero-order chi connectivity index (χ0) is 20.4. The molecule has 1 aromatic heterocycles. The fourth-order valence-corrected chi connectivity index (χ4v) is 6.22. The molecule has 1 unspecified atom stereocenters. The predicted octanol–water partition coefficient (Wildman–Crippen LogP) is 6.32. The zero-order valence-corrected chi connectivity index (χ0v) is 17.7. The second-order valence-electron chi connectivity index (χ2n) is 9.57. The van der Waals surface area contributed by atoms with E-state index in [1.165, 1.54) is 37.4 Å². The summed E-state index contributed by atoms with van der Waals surface area (Å²) in [5, 5.41) is 0. The van der Waals surface area contributed by atoms with Crippen LogP contribution in [0.2, 0.25) is 0 Å². The Labute approximate surface area is 179 Å². The number of pyridine rings is 1. The van der Waals surface area contributed by atoms with Crippen LogP contribution in [0.3, 0.4) is 0 Å². The molecule has 2 aromatic rings. The van der Waals surface area contributed by atoms with Crippen molar-refractivity contribution in [3.05, 3.63) is 59.7 Å². The van der Waals surface area contributed by atoms with Crippen molar-refractivity contribution in [1.82, 2.24) is 4.98 Å². The molecule has 0 amide bonds. The molecule has 2 atom stereocenters. The minimum atomic E-state index is -0.165. The molecule has 4 heteroatoms. The summed E-state index contributed by atoms with van der Waals surface area (Å²) in [6, 6.07) is 11.3. The lowest BCUT2D eigenvalue weighted by molar-refractivity contribution is -0.105. The number of hydrogen-bond acceptors (Lipinski definition) is 3. The highest BCUT2D eigenvalue weighted by Gasteiger charge is 2.48. The Morgan fingerprint density at radius 2 is 1.97 bits per heavy atom. The predicted molar refractivity (Wildman–Crippen MR) is 115 cm³/mol. The molecule has 2 aliphatic heterocycles. The number of aromatic nitrogens is 1. The van der Waals surface area contributed by atoms with Crippen molar-refractivity contribution in [2.24, 2.45) is 0 Å². The molecule has 1 saturated heterocycles. The maximum Gasteiger partial charge on any atom is 0.123 e. The molecular weight excluding hydrogens is 377 g/mol. The SMILES string of the molecule is Fc1ccc2c(c1)C(CCC[C@@]1(c3ccccn3)CCOC3(CCCC3)C1)CCO2. The third kappa shape index (κ3) is 3.87. The van der Waals surface area contributed by atoms with Crippen LogP contribution in [0.4, 0.5) is 4.39 Å². The first-order valence-electron chi connectivity index (χ1n) is 11.7. The molecule has 1 aromatic carbocycles. The number of fused-ring (bicyclic) bond motifs is 1. The van der Waals surface area contributed by atoms with Gasteiger partial charge in [0.1, 0.15) is 11.6 Å². The Hall–Kier alpha value is -1.94. The topological polar surface area (TPSA) is 31.4 Å². The van der Waals surface area contributed by atoms with E-state index < -0.39 is 0 Å². The largest absolute Gasteiger partial charge is 0.493 e. The summed E-state index contributed by atoms with van der Waals surface area (Å²) in [6.45, 7) is 1.56. The molecule has 3 aliphatic rings. The van der Waals surface area contributed by atoms with Crippen molar-refractivity contribution in [3.63, 3.8) is 0 Å². The third-order valence-electron chi connectivity index (χ3n) is 7.72. The fourth-order valence-electron chi connectivity index (χ4n) is 6.22. The summed E-state index contributed by atoms with van der Waals surface area (Å²) >= 11 is 0. The Morgan fingerprint density at radius 1 is 1.07 bits per heavy atom. The smallest absolute Gasteiger partial charge is 0.123 e. The van der Waals surface area contributed by atoms with Crippen molar-refractivity contribution < 1.29 is 13.9 Å². The molecule has 1 spiro atoms. The molecule has 3 heterocycles. The second kappa shape index (κ2) is 8.30. The second-order valence-corrected chi connectivity index (χ2v) is 9.57. The van der Waals surface area contributed by atoms with Gasteiger partial charge >= 0.3 is 0 Å². The summed E-state index contributed by atoms with van der Waals surface area (Å²) in [5.41, 5.74) is 2.44. The van der Waals surface area contributed by atoms with Crippen LogP contribution in [0.1, 0.15) is 81.4 Å². The van der Waals surface area contributed by atoms with E-state index in [9.17, 15) is 4.39 Å². The number of ether oxygens (including phenoxy) is 2. The zero-order valence-electron chi connectivity index (χ0n) is 17.7. The van der Waals surface area contributed by atoms with Crippen LogP contribution >= 0.6 is 0 Å². The summed E-state index contributed by atoms with van der Waals surface area (Å²) in [4.78, 5) is 4.82. The van der Waals surface area contributed by atoms with Crippen molar-refractivity contribution in [2.45, 2.75) is 81.1 Å². The standard InChI is InChI=1S/C26H32FNO2/c27-21-8-9-23-22(18-21)20(10-16-29-23)6-5-11-25(24-7-1-4-15-28-24)14-17-30-26(19-25)12-2-3-13-26/h1,4,7-9,15,18,20H,2-3,5-6,10-14,16-17,19H2/t20?,25-/m1/s1. The summed E-state index contributed by atoms with van der Waals surface area (Å²) in [5.74, 6) is 1.08. The highest BCUT2D eigenvalue weighted by atomic mass is 19.1. The van der Waals surface area contributed by atoms with Crippen LogP contribution in [-0.4, -0.2) is 23.8 Å². The lowest BCUT2D eigenvalue weighted by atomic mass is 9.67. The van der Waals surface area contributed by atoms with Gasteiger partial charge in [0.05, 0.1) is 12.2 Å². The molecule has 1 aliphatic carbocycles. The first-order valence-corrected chi connectivity index (χ1v) is 11.7. The van der Waals surface area contributed by atoms with Gasteiger partial charge in [-0.15, -0.1) is 0 Å². The average Bonchev–Trinajstić information content (AvgIpc) is 3.22. The maximum absolute atomic E-state index is 13.9. The maximum atomic E-state index is 13.9. The molecular formula is C26H32FNO2. The quantitative estimate of drug-likeness (QED) is 0.579. The van der Waals surface area contributed by atoms with E-state index in [1.807, 2.05) is 12.3 Å². The molecule has 0 N–H and O–H groups in total. The van der Waals surface area contributed by atoms with Gasteiger partial charge in [-0.3, -0.25) is 4.98 Å². The molecule has 160 valence electrons. The normalized spacial score (nSPS) is 27.6. The molecule has 0 radical (unpaired) electrons. The van der Waals surface area contributed by atoms with Gasteiger partial charge < -0.3 is 9.47 Å². The molecule has 5 rings (SSSR count). The third-order valence-corrected chi connectivity index (χ3v) is 7.72. The Balaban J connectivity index is 1.34. The highest BCUT2D eigenvalue weighted by molar-refractivity contribution is 5.38. The minimum absolute atomic E-state index is 0.0597. The van der Waals surface area contributed by atoms with Gasteiger partial charge in [-0.2, -0.15) is 0 Å². The number of nitrogens with zero attached hydrogens (tertiary/aromatic N) is 1. The van der Waals surface area contributed by atoms with Gasteiger partial charge in [0.2, 0.25) is 0 Å². The monoisotopic (exact) mass is 409 g/mol. The van der Waals surface area contributed by atoms with Gasteiger partial charge in [0.15, 0.2) is 0 Å². The fraction of sp³-hybridized carbons (Fsp3) is 0.577. The van der Waals surface area contributed by atoms with Crippen LogP contribution in [-0.2, 0) is 10.2 Å². The number of halogens is 1. The Bertz CT molecular complexity index is 865.